The van der Waals surface area contributed by atoms with Crippen molar-refractivity contribution in [2.24, 2.45) is 4.99 Å². The molecular weight excluding hydrogens is 468 g/mol. The molecule has 1 saturated heterocycles. The molecule has 4 rings (SSSR count). The predicted molar refractivity (Wildman–Crippen MR) is 149 cm³/mol. The lowest BCUT2D eigenvalue weighted by atomic mass is 9.92. The highest BCUT2D eigenvalue weighted by atomic mass is 32.2. The van der Waals surface area contributed by atoms with E-state index in [1.807, 2.05) is 81.1 Å². The van der Waals surface area contributed by atoms with Gasteiger partial charge in [0.15, 0.2) is 5.17 Å². The Morgan fingerprint density at radius 2 is 1.86 bits per heavy atom. The largest absolute Gasteiger partial charge is 0.340 e. The lowest BCUT2D eigenvalue weighted by molar-refractivity contribution is -0.127. The van der Waals surface area contributed by atoms with Crippen molar-refractivity contribution in [3.8, 4) is 0 Å². The van der Waals surface area contributed by atoms with Gasteiger partial charge in [-0.25, -0.2) is 4.99 Å². The summed E-state index contributed by atoms with van der Waals surface area (Å²) in [6.45, 7) is 10.1. The molecule has 6 nitrogen and oxygen atoms in total. The topological polar surface area (TPSA) is 65.0 Å². The van der Waals surface area contributed by atoms with Crippen LogP contribution in [0.2, 0.25) is 0 Å². The molecule has 0 spiro atoms. The minimum atomic E-state index is -0.230. The van der Waals surface area contributed by atoms with Crippen molar-refractivity contribution in [1.82, 2.24) is 9.80 Å². The van der Waals surface area contributed by atoms with Crippen molar-refractivity contribution in [2.75, 3.05) is 30.7 Å². The highest BCUT2D eigenvalue weighted by Crippen LogP contribution is 2.40. The highest BCUT2D eigenvalue weighted by Gasteiger charge is 2.38. The first kappa shape index (κ1) is 26.0. The molecule has 0 saturated carbocycles. The maximum Gasteiger partial charge on any atom is 0.254 e. The molecule has 0 aliphatic carbocycles. The predicted octanol–water partition coefficient (Wildman–Crippen LogP) is 5.81. The molecule has 2 amide bonds. The summed E-state index contributed by atoms with van der Waals surface area (Å²) in [6.07, 6.45) is 1.76. The highest BCUT2D eigenvalue weighted by molar-refractivity contribution is 8.13. The van der Waals surface area contributed by atoms with Gasteiger partial charge in [0.1, 0.15) is 0 Å². The number of carbonyl (C=O) groups excluding carboxylic acids is 2. The minimum absolute atomic E-state index is 0.0218. The first-order chi connectivity index (χ1) is 17.5. The van der Waals surface area contributed by atoms with Crippen LogP contribution in [0.3, 0.4) is 0 Å². The number of fused-ring (bicyclic) bond motifs is 1. The summed E-state index contributed by atoms with van der Waals surface area (Å²) in [7, 11) is 0. The monoisotopic (exact) mass is 504 g/mol. The van der Waals surface area contributed by atoms with E-state index in [1.165, 1.54) is 0 Å². The Kier molecular flexibility index (Phi) is 8.52. The number of hydrogen-bond donors (Lipinski definition) is 1. The Bertz CT molecular complexity index is 1160. The molecule has 1 fully saturated rings. The Hall–Kier alpha value is -3.06. The van der Waals surface area contributed by atoms with Crippen LogP contribution in [0.1, 0.15) is 63.6 Å². The van der Waals surface area contributed by atoms with Gasteiger partial charge in [-0.2, -0.15) is 0 Å². The normalized spacial score (nSPS) is 18.3. The van der Waals surface area contributed by atoms with Gasteiger partial charge in [-0.05, 0) is 56.9 Å². The molecule has 190 valence electrons. The average molecular weight is 505 g/mol. The molecule has 0 unspecified atom stereocenters. The number of anilines is 1. The maximum atomic E-state index is 13.7. The van der Waals surface area contributed by atoms with E-state index in [1.54, 1.807) is 11.8 Å². The number of nitrogens with zero attached hydrogens (tertiary/aromatic N) is 3. The fourth-order valence-electron chi connectivity index (χ4n) is 5.04. The molecule has 2 aliphatic rings. The zero-order chi connectivity index (χ0) is 25.7. The minimum Gasteiger partial charge on any atom is -0.340 e. The molecule has 1 N–H and O–H groups in total. The van der Waals surface area contributed by atoms with Crippen molar-refractivity contribution >= 4 is 34.4 Å². The first-order valence-electron chi connectivity index (χ1n) is 12.9. The van der Waals surface area contributed by atoms with Crippen LogP contribution in [0.5, 0.6) is 0 Å². The number of allylic oxidation sites excluding steroid dienone is 1. The van der Waals surface area contributed by atoms with Gasteiger partial charge in [-0.3, -0.25) is 9.59 Å². The van der Waals surface area contributed by atoms with Crippen LogP contribution in [0.15, 0.2) is 70.9 Å². The van der Waals surface area contributed by atoms with E-state index in [4.69, 9.17) is 4.99 Å². The van der Waals surface area contributed by atoms with Crippen LogP contribution in [-0.2, 0) is 9.59 Å². The van der Waals surface area contributed by atoms with Gasteiger partial charge in [0.2, 0.25) is 5.91 Å². The van der Waals surface area contributed by atoms with E-state index < -0.39 is 0 Å². The maximum absolute atomic E-state index is 13.7. The zero-order valence-electron chi connectivity index (χ0n) is 21.7. The SMILES string of the molecule is CC[C@H](C(=O)Nc1cccc([C@@H]2C(C(=O)N(CC)CC)=C(C)N=C3SCCCN32)c1)c1ccccc1. The molecule has 0 radical (unpaired) electrons. The van der Waals surface area contributed by atoms with Crippen molar-refractivity contribution < 1.29 is 9.59 Å². The number of aliphatic imine (C=N–C) groups is 1. The molecule has 0 aromatic heterocycles. The summed E-state index contributed by atoms with van der Waals surface area (Å²) in [6, 6.07) is 17.6. The Morgan fingerprint density at radius 3 is 2.56 bits per heavy atom. The van der Waals surface area contributed by atoms with Crippen molar-refractivity contribution in [3.05, 3.63) is 77.0 Å². The Balaban J connectivity index is 1.68. The number of rotatable bonds is 8. The van der Waals surface area contributed by atoms with Crippen molar-refractivity contribution in [2.45, 2.75) is 52.5 Å². The van der Waals surface area contributed by atoms with Crippen molar-refractivity contribution in [3.63, 3.8) is 0 Å². The fourth-order valence-corrected chi connectivity index (χ4v) is 6.06. The van der Waals surface area contributed by atoms with Crippen LogP contribution in [0.4, 0.5) is 5.69 Å². The number of amides is 2. The Morgan fingerprint density at radius 1 is 1.11 bits per heavy atom. The van der Waals surface area contributed by atoms with Crippen LogP contribution in [0.25, 0.3) is 0 Å². The number of carbonyl (C=O) groups is 2. The van der Waals surface area contributed by atoms with E-state index >= 15 is 0 Å². The molecule has 36 heavy (non-hydrogen) atoms. The summed E-state index contributed by atoms with van der Waals surface area (Å²) in [5, 5.41) is 4.12. The van der Waals surface area contributed by atoms with Gasteiger partial charge in [0, 0.05) is 31.1 Å². The lowest BCUT2D eigenvalue weighted by Crippen LogP contribution is -2.45. The number of thioether (sulfide) groups is 1. The summed E-state index contributed by atoms with van der Waals surface area (Å²) in [4.78, 5) is 35.9. The van der Waals surface area contributed by atoms with E-state index in [2.05, 4.69) is 16.3 Å². The molecule has 0 bridgehead atoms. The number of amidine groups is 1. The summed E-state index contributed by atoms with van der Waals surface area (Å²) >= 11 is 1.75. The summed E-state index contributed by atoms with van der Waals surface area (Å²) in [5.41, 5.74) is 4.25. The van der Waals surface area contributed by atoms with E-state index in [0.29, 0.717) is 19.5 Å². The number of nitrogens with one attached hydrogen (secondary N) is 1. The van der Waals surface area contributed by atoms with Crippen molar-refractivity contribution in [1.29, 1.82) is 0 Å². The molecule has 2 aromatic rings. The summed E-state index contributed by atoms with van der Waals surface area (Å²) in [5.74, 6) is 0.823. The number of benzene rings is 2. The molecule has 7 heteroatoms. The molecular formula is C29H36N4O2S. The van der Waals surface area contributed by atoms with Gasteiger partial charge < -0.3 is 15.1 Å². The average Bonchev–Trinajstić information content (AvgIpc) is 2.89. The number of likely N-dealkylation sites (N-methyl/N-ethyl adjacent to an activating group) is 1. The zero-order valence-corrected chi connectivity index (χ0v) is 22.5. The lowest BCUT2D eigenvalue weighted by Gasteiger charge is -2.41. The van der Waals surface area contributed by atoms with Crippen LogP contribution < -0.4 is 5.32 Å². The molecule has 2 heterocycles. The van der Waals surface area contributed by atoms with Gasteiger partial charge in [-0.15, -0.1) is 0 Å². The van der Waals surface area contributed by atoms with Gasteiger partial charge in [0.05, 0.1) is 23.2 Å². The summed E-state index contributed by atoms with van der Waals surface area (Å²) < 4.78 is 0. The van der Waals surface area contributed by atoms with Gasteiger partial charge in [0.25, 0.3) is 5.91 Å². The standard InChI is InChI=1S/C29H36N4O2S/c1-5-24(21-13-9-8-10-14-21)27(34)31-23-16-11-15-22(19-23)26-25(28(35)32(6-2)7-3)20(4)30-29-33(26)17-12-18-36-29/h8-11,13-16,19,24,26H,5-7,12,17-18H2,1-4H3,(H,31,34)/t24-,26+/m0/s1. The molecule has 2 atom stereocenters. The first-order valence-corrected chi connectivity index (χ1v) is 13.9. The van der Waals surface area contributed by atoms with E-state index in [-0.39, 0.29) is 23.8 Å². The second kappa shape index (κ2) is 11.8. The molecule has 2 aliphatic heterocycles. The van der Waals surface area contributed by atoms with E-state index in [9.17, 15) is 9.59 Å². The van der Waals surface area contributed by atoms with Crippen LogP contribution in [0, 0.1) is 0 Å². The van der Waals surface area contributed by atoms with Crippen LogP contribution >= 0.6 is 11.8 Å². The quantitative estimate of drug-likeness (QED) is 0.493. The van der Waals surface area contributed by atoms with Crippen LogP contribution in [-0.4, -0.2) is 52.2 Å². The third-order valence-corrected chi connectivity index (χ3v) is 8.01. The van der Waals surface area contributed by atoms with E-state index in [0.717, 1.165) is 52.0 Å². The van der Waals surface area contributed by atoms with Gasteiger partial charge in [-0.1, -0.05) is 61.2 Å². The second-order valence-corrected chi connectivity index (χ2v) is 10.2. The third kappa shape index (κ3) is 5.36. The Labute approximate surface area is 218 Å². The number of hydrogen-bond acceptors (Lipinski definition) is 5. The molecule has 2 aromatic carbocycles. The fraction of sp³-hybridized carbons (Fsp3) is 0.414. The second-order valence-electron chi connectivity index (χ2n) is 9.16. The smallest absolute Gasteiger partial charge is 0.254 e. The third-order valence-electron chi connectivity index (χ3n) is 6.94. The van der Waals surface area contributed by atoms with Gasteiger partial charge >= 0.3 is 0 Å².